The molecule has 1 aromatic carbocycles. The quantitative estimate of drug-likeness (QED) is 0.714. The minimum atomic E-state index is -0.222. The second-order valence-electron chi connectivity index (χ2n) is 2.85. The summed E-state index contributed by atoms with van der Waals surface area (Å²) < 4.78 is 13.0. The van der Waals surface area contributed by atoms with E-state index in [0.717, 1.165) is 11.5 Å². The summed E-state index contributed by atoms with van der Waals surface area (Å²) in [7, 11) is 0. The average molecular weight is 167 g/mol. The maximum atomic E-state index is 13.0. The average Bonchev–Trinajstić information content (AvgIpc) is 2.08. The molecule has 0 fully saturated rings. The Morgan fingerprint density at radius 1 is 1.50 bits per heavy atom. The van der Waals surface area contributed by atoms with Crippen molar-refractivity contribution in [3.8, 4) is 0 Å². The Morgan fingerprint density at radius 3 is 2.75 bits per heavy atom. The molecule has 12 heavy (non-hydrogen) atoms. The monoisotopic (exact) mass is 167 g/mol. The van der Waals surface area contributed by atoms with E-state index in [-0.39, 0.29) is 12.4 Å². The molecule has 0 saturated heterocycles. The van der Waals surface area contributed by atoms with Crippen molar-refractivity contribution in [3.63, 3.8) is 0 Å². The summed E-state index contributed by atoms with van der Waals surface area (Å²) in [4.78, 5) is 0. The zero-order chi connectivity index (χ0) is 9.14. The van der Waals surface area contributed by atoms with Gasteiger partial charge in [0.25, 0.3) is 0 Å². The normalized spacial score (nSPS) is 10.8. The molecule has 0 bridgehead atoms. The Morgan fingerprint density at radius 2 is 2.17 bits per heavy atom. The second kappa shape index (κ2) is 3.68. The molecule has 2 heteroatoms. The molecule has 0 unspecified atom stereocenters. The Hall–Kier alpha value is -0.890. The van der Waals surface area contributed by atoms with Crippen LogP contribution >= 0.6 is 0 Å². The van der Waals surface area contributed by atoms with E-state index < -0.39 is 0 Å². The van der Waals surface area contributed by atoms with E-state index in [1.54, 1.807) is 19.9 Å². The number of benzene rings is 1. The summed E-state index contributed by atoms with van der Waals surface area (Å²) in [5.74, 6) is 0.576. The molecule has 0 saturated carbocycles. The van der Waals surface area contributed by atoms with Gasteiger partial charge in [-0.05, 0) is 24.1 Å². The lowest BCUT2D eigenvalue weighted by Gasteiger charge is -2.10. The third kappa shape index (κ3) is 1.64. The summed E-state index contributed by atoms with van der Waals surface area (Å²) in [6.45, 7) is 3.48. The molecule has 0 atom stereocenters. The number of hydrogen-bond donors (Lipinski definition) is 1. The van der Waals surface area contributed by atoms with E-state index in [2.05, 4.69) is 0 Å². The molecule has 0 aliphatic carbocycles. The first-order valence-corrected chi connectivity index (χ1v) is 3.85. The molecule has 1 aromatic rings. The number of hydrogen-bond acceptors (Lipinski definition) is 1. The van der Waals surface area contributed by atoms with Crippen molar-refractivity contribution in [1.29, 1.82) is 0 Å². The largest absolute Gasteiger partial charge is 0.395 e. The summed E-state index contributed by atoms with van der Waals surface area (Å²) in [5.41, 5.74) is 1.40. The molecular weight excluding hydrogens is 155 g/mol. The molecule has 1 rings (SSSR count). The van der Waals surface area contributed by atoms with Crippen molar-refractivity contribution in [2.24, 2.45) is 0 Å². The van der Waals surface area contributed by atoms with E-state index in [9.17, 15) is 4.39 Å². The molecule has 0 heterocycles. The minimum Gasteiger partial charge on any atom is -0.395 e. The van der Waals surface area contributed by atoms with Gasteiger partial charge in [-0.15, -0.1) is 0 Å². The predicted octanol–water partition coefficient (Wildman–Crippen LogP) is 2.07. The van der Waals surface area contributed by atoms with Crippen LogP contribution in [-0.2, 0) is 0 Å². The van der Waals surface area contributed by atoms with Gasteiger partial charge in [0, 0.05) is 5.92 Å². The van der Waals surface area contributed by atoms with Crippen LogP contribution < -0.4 is 0 Å². The van der Waals surface area contributed by atoms with Crippen LogP contribution in [0, 0.1) is 18.7 Å². The van der Waals surface area contributed by atoms with Gasteiger partial charge in [0.1, 0.15) is 5.82 Å². The topological polar surface area (TPSA) is 20.2 Å². The van der Waals surface area contributed by atoms with Crippen LogP contribution in [0.4, 0.5) is 4.39 Å². The molecule has 0 spiro atoms. The van der Waals surface area contributed by atoms with Crippen LogP contribution in [0.25, 0.3) is 0 Å². The summed E-state index contributed by atoms with van der Waals surface area (Å²) in [5, 5.41) is 8.84. The Kier molecular flexibility index (Phi) is 2.82. The van der Waals surface area contributed by atoms with Gasteiger partial charge in [0.15, 0.2) is 0 Å². The molecule has 0 aliphatic rings. The summed E-state index contributed by atoms with van der Waals surface area (Å²) in [6.07, 6.45) is 0. The minimum absolute atomic E-state index is 0.0235. The fraction of sp³-hybridized carbons (Fsp3) is 0.300. The van der Waals surface area contributed by atoms with E-state index >= 15 is 0 Å². The van der Waals surface area contributed by atoms with E-state index in [4.69, 9.17) is 5.11 Å². The van der Waals surface area contributed by atoms with Gasteiger partial charge >= 0.3 is 0 Å². The lowest BCUT2D eigenvalue weighted by Crippen LogP contribution is -2.03. The van der Waals surface area contributed by atoms with Gasteiger partial charge in [0.05, 0.1) is 6.61 Å². The molecule has 65 valence electrons. The highest BCUT2D eigenvalue weighted by Gasteiger charge is 2.09. The zero-order valence-electron chi connectivity index (χ0n) is 7.26. The Labute approximate surface area is 71.9 Å². The standard InChI is InChI=1S/C10H12FO/c1-7(6-12)9-4-3-5-10(11)8(9)2/h3-5,12H,6H2,1-2H3. The SMILES string of the molecule is C[C](CO)c1cccc(F)c1C. The number of halogens is 1. The highest BCUT2D eigenvalue weighted by Crippen LogP contribution is 2.19. The van der Waals surface area contributed by atoms with Gasteiger partial charge in [-0.25, -0.2) is 4.39 Å². The number of rotatable bonds is 2. The molecular formula is C10H12FO. The van der Waals surface area contributed by atoms with Crippen molar-refractivity contribution in [1.82, 2.24) is 0 Å². The molecule has 0 aliphatic heterocycles. The van der Waals surface area contributed by atoms with Crippen LogP contribution in [0.1, 0.15) is 18.1 Å². The van der Waals surface area contributed by atoms with Gasteiger partial charge in [-0.1, -0.05) is 19.1 Å². The van der Waals surface area contributed by atoms with Crippen molar-refractivity contribution in [3.05, 3.63) is 41.1 Å². The lowest BCUT2D eigenvalue weighted by atomic mass is 9.97. The molecule has 0 amide bonds. The van der Waals surface area contributed by atoms with E-state index in [1.165, 1.54) is 6.07 Å². The fourth-order valence-corrected chi connectivity index (χ4v) is 1.15. The van der Waals surface area contributed by atoms with Crippen LogP contribution in [-0.4, -0.2) is 11.7 Å². The van der Waals surface area contributed by atoms with Crippen molar-refractivity contribution < 1.29 is 9.50 Å². The maximum Gasteiger partial charge on any atom is 0.126 e. The molecule has 0 aromatic heterocycles. The Bertz CT molecular complexity index is 271. The highest BCUT2D eigenvalue weighted by molar-refractivity contribution is 5.37. The third-order valence-corrected chi connectivity index (χ3v) is 1.96. The molecule has 1 radical (unpaired) electrons. The van der Waals surface area contributed by atoms with Gasteiger partial charge < -0.3 is 5.11 Å². The summed E-state index contributed by atoms with van der Waals surface area (Å²) >= 11 is 0. The predicted molar refractivity (Wildman–Crippen MR) is 46.2 cm³/mol. The second-order valence-corrected chi connectivity index (χ2v) is 2.85. The number of aliphatic hydroxyl groups is 1. The lowest BCUT2D eigenvalue weighted by molar-refractivity contribution is 0.314. The van der Waals surface area contributed by atoms with Gasteiger partial charge in [-0.3, -0.25) is 0 Å². The van der Waals surface area contributed by atoms with E-state index in [1.807, 2.05) is 6.07 Å². The maximum absolute atomic E-state index is 13.0. The first kappa shape index (κ1) is 9.20. The molecule has 1 N–H and O–H groups in total. The Balaban J connectivity index is 3.07. The number of aliphatic hydroxyl groups excluding tert-OH is 1. The van der Waals surface area contributed by atoms with Gasteiger partial charge in [0.2, 0.25) is 0 Å². The zero-order valence-corrected chi connectivity index (χ0v) is 7.26. The van der Waals surface area contributed by atoms with Crippen LogP contribution in [0.3, 0.4) is 0 Å². The highest BCUT2D eigenvalue weighted by atomic mass is 19.1. The summed E-state index contributed by atoms with van der Waals surface area (Å²) in [6, 6.07) is 4.88. The van der Waals surface area contributed by atoms with Crippen molar-refractivity contribution in [2.45, 2.75) is 13.8 Å². The third-order valence-electron chi connectivity index (χ3n) is 1.96. The molecule has 1 nitrogen and oxygen atoms in total. The van der Waals surface area contributed by atoms with Crippen LogP contribution in [0.5, 0.6) is 0 Å². The van der Waals surface area contributed by atoms with E-state index in [0.29, 0.717) is 5.56 Å². The van der Waals surface area contributed by atoms with Crippen LogP contribution in [0.2, 0.25) is 0 Å². The van der Waals surface area contributed by atoms with Crippen LogP contribution in [0.15, 0.2) is 18.2 Å². The first-order chi connectivity index (χ1) is 5.66. The van der Waals surface area contributed by atoms with Crippen molar-refractivity contribution in [2.75, 3.05) is 6.61 Å². The fourth-order valence-electron chi connectivity index (χ4n) is 1.15. The smallest absolute Gasteiger partial charge is 0.126 e. The van der Waals surface area contributed by atoms with Crippen molar-refractivity contribution >= 4 is 0 Å². The van der Waals surface area contributed by atoms with Gasteiger partial charge in [-0.2, -0.15) is 0 Å². The first-order valence-electron chi connectivity index (χ1n) is 3.85.